The van der Waals surface area contributed by atoms with E-state index >= 15 is 0 Å². The van der Waals surface area contributed by atoms with E-state index in [0.717, 1.165) is 26.1 Å². The van der Waals surface area contributed by atoms with Gasteiger partial charge in [-0.25, -0.2) is 0 Å². The number of carbonyl (C=O) groups is 2. The quantitative estimate of drug-likeness (QED) is 0.716. The highest BCUT2D eigenvalue weighted by Gasteiger charge is 2.21. The number of benzene rings is 1. The maximum Gasteiger partial charge on any atom is 0.291 e. The molecule has 2 heterocycles. The summed E-state index contributed by atoms with van der Waals surface area (Å²) in [6.07, 6.45) is 2.85. The molecule has 7 heteroatoms. The highest BCUT2D eigenvalue weighted by molar-refractivity contribution is 6.02. The van der Waals surface area contributed by atoms with Gasteiger partial charge in [0.2, 0.25) is 0 Å². The van der Waals surface area contributed by atoms with Gasteiger partial charge in [0.15, 0.2) is 5.76 Å². The van der Waals surface area contributed by atoms with Gasteiger partial charge in [-0.3, -0.25) is 14.5 Å². The van der Waals surface area contributed by atoms with Crippen LogP contribution < -0.4 is 10.6 Å². The van der Waals surface area contributed by atoms with E-state index in [9.17, 15) is 9.59 Å². The van der Waals surface area contributed by atoms with E-state index in [1.807, 2.05) is 0 Å². The van der Waals surface area contributed by atoms with Gasteiger partial charge in [0.1, 0.15) is 0 Å². The third-order valence-corrected chi connectivity index (χ3v) is 4.58. The molecule has 0 aliphatic carbocycles. The molecule has 150 valence electrons. The summed E-state index contributed by atoms with van der Waals surface area (Å²) in [6, 6.07) is 10.0. The summed E-state index contributed by atoms with van der Waals surface area (Å²) >= 11 is 0. The molecule has 3 rings (SSSR count). The minimum atomic E-state index is -0.325. The number of hydrogen-bond donors (Lipinski definition) is 2. The van der Waals surface area contributed by atoms with Crippen molar-refractivity contribution >= 4 is 17.5 Å². The van der Waals surface area contributed by atoms with E-state index in [2.05, 4.69) is 29.4 Å². The number of hydrogen-bond acceptors (Lipinski definition) is 5. The van der Waals surface area contributed by atoms with E-state index in [4.69, 9.17) is 9.15 Å². The van der Waals surface area contributed by atoms with E-state index in [1.165, 1.54) is 6.26 Å². The summed E-state index contributed by atoms with van der Waals surface area (Å²) < 4.78 is 10.8. The van der Waals surface area contributed by atoms with Gasteiger partial charge in [-0.1, -0.05) is 0 Å². The largest absolute Gasteiger partial charge is 0.459 e. The fourth-order valence-electron chi connectivity index (χ4n) is 3.38. The van der Waals surface area contributed by atoms with E-state index < -0.39 is 0 Å². The lowest BCUT2D eigenvalue weighted by molar-refractivity contribution is -0.0680. The minimum absolute atomic E-state index is 0.118. The molecule has 2 atom stereocenters. The van der Waals surface area contributed by atoms with E-state index in [1.54, 1.807) is 36.4 Å². The van der Waals surface area contributed by atoms with Crippen LogP contribution in [0.1, 0.15) is 41.2 Å². The molecular weight excluding hydrogens is 358 g/mol. The van der Waals surface area contributed by atoms with Gasteiger partial charge in [-0.15, -0.1) is 0 Å². The van der Waals surface area contributed by atoms with Crippen LogP contribution in [-0.4, -0.2) is 55.1 Å². The Morgan fingerprint density at radius 3 is 2.43 bits per heavy atom. The Labute approximate surface area is 165 Å². The smallest absolute Gasteiger partial charge is 0.291 e. The zero-order chi connectivity index (χ0) is 19.9. The number of amides is 2. The molecule has 1 aromatic heterocycles. The normalized spacial score (nSPS) is 19.9. The third kappa shape index (κ3) is 5.68. The molecule has 1 aliphatic rings. The van der Waals surface area contributed by atoms with Crippen molar-refractivity contribution in [2.75, 3.05) is 31.5 Å². The first-order valence-corrected chi connectivity index (χ1v) is 9.62. The standard InChI is InChI=1S/C21H27N3O4/c1-15-13-24(14-16(2)28-15)11-4-10-22-20(25)17-6-8-18(9-7-17)23-21(26)19-5-3-12-27-19/h3,5-9,12,15-16H,4,10-11,13-14H2,1-2H3,(H,22,25)(H,23,26)/t15-,16-/m0/s1. The number of carbonyl (C=O) groups excluding carboxylic acids is 2. The Hall–Kier alpha value is -2.64. The molecule has 7 nitrogen and oxygen atoms in total. The fraction of sp³-hybridized carbons (Fsp3) is 0.429. The van der Waals surface area contributed by atoms with Crippen molar-refractivity contribution in [3.05, 3.63) is 54.0 Å². The van der Waals surface area contributed by atoms with Crippen LogP contribution in [0.25, 0.3) is 0 Å². The molecule has 0 bridgehead atoms. The van der Waals surface area contributed by atoms with Crippen molar-refractivity contribution < 1.29 is 18.7 Å². The molecule has 2 amide bonds. The summed E-state index contributed by atoms with van der Waals surface area (Å²) in [4.78, 5) is 26.6. The van der Waals surface area contributed by atoms with Crippen LogP contribution in [0.5, 0.6) is 0 Å². The predicted molar refractivity (Wildman–Crippen MR) is 107 cm³/mol. The lowest BCUT2D eigenvalue weighted by atomic mass is 10.2. The zero-order valence-electron chi connectivity index (χ0n) is 16.3. The Kier molecular flexibility index (Phi) is 6.84. The van der Waals surface area contributed by atoms with Crippen molar-refractivity contribution in [1.29, 1.82) is 0 Å². The number of nitrogens with zero attached hydrogens (tertiary/aromatic N) is 1. The monoisotopic (exact) mass is 385 g/mol. The number of morpholine rings is 1. The van der Waals surface area contributed by atoms with Crippen LogP contribution in [0.15, 0.2) is 47.1 Å². The molecule has 0 unspecified atom stereocenters. The molecular formula is C21H27N3O4. The SMILES string of the molecule is C[C@H]1CN(CCCNC(=O)c2ccc(NC(=O)c3ccco3)cc2)C[C@H](C)O1. The highest BCUT2D eigenvalue weighted by Crippen LogP contribution is 2.12. The summed E-state index contributed by atoms with van der Waals surface area (Å²) in [5, 5.41) is 5.67. The first kappa shape index (κ1) is 20.1. The first-order valence-electron chi connectivity index (χ1n) is 9.62. The van der Waals surface area contributed by atoms with Crippen molar-refractivity contribution in [2.45, 2.75) is 32.5 Å². The van der Waals surface area contributed by atoms with E-state index in [-0.39, 0.29) is 29.8 Å². The second kappa shape index (κ2) is 9.52. The molecule has 1 saturated heterocycles. The Bertz CT molecular complexity index is 763. The highest BCUT2D eigenvalue weighted by atomic mass is 16.5. The number of furan rings is 1. The van der Waals surface area contributed by atoms with Crippen LogP contribution in [0.3, 0.4) is 0 Å². The fourth-order valence-corrected chi connectivity index (χ4v) is 3.38. The van der Waals surface area contributed by atoms with Gasteiger partial charge >= 0.3 is 0 Å². The summed E-state index contributed by atoms with van der Waals surface area (Å²) in [5.74, 6) is -0.201. The Morgan fingerprint density at radius 2 is 1.79 bits per heavy atom. The van der Waals surface area contributed by atoms with Crippen LogP contribution >= 0.6 is 0 Å². The number of nitrogens with one attached hydrogen (secondary N) is 2. The first-order chi connectivity index (χ1) is 13.5. The summed E-state index contributed by atoms with van der Waals surface area (Å²) in [6.45, 7) is 7.61. The number of anilines is 1. The van der Waals surface area contributed by atoms with Crippen molar-refractivity contribution in [2.24, 2.45) is 0 Å². The maximum atomic E-state index is 12.3. The molecule has 1 aromatic carbocycles. The average molecular weight is 385 g/mol. The van der Waals surface area contributed by atoms with Gasteiger partial charge in [-0.2, -0.15) is 0 Å². The van der Waals surface area contributed by atoms with Crippen molar-refractivity contribution in [1.82, 2.24) is 10.2 Å². The van der Waals surface area contributed by atoms with Crippen LogP contribution in [-0.2, 0) is 4.74 Å². The molecule has 1 fully saturated rings. The maximum absolute atomic E-state index is 12.3. The lowest BCUT2D eigenvalue weighted by Gasteiger charge is -2.35. The lowest BCUT2D eigenvalue weighted by Crippen LogP contribution is -2.46. The van der Waals surface area contributed by atoms with Gasteiger partial charge in [0, 0.05) is 37.4 Å². The Balaban J connectivity index is 1.40. The van der Waals surface area contributed by atoms with Gasteiger partial charge < -0.3 is 19.8 Å². The second-order valence-electron chi connectivity index (χ2n) is 7.14. The zero-order valence-corrected chi connectivity index (χ0v) is 16.3. The van der Waals surface area contributed by atoms with Gasteiger partial charge in [0.05, 0.1) is 18.5 Å². The van der Waals surface area contributed by atoms with Crippen LogP contribution in [0, 0.1) is 0 Å². The van der Waals surface area contributed by atoms with Crippen LogP contribution in [0.2, 0.25) is 0 Å². The molecule has 0 spiro atoms. The molecule has 0 saturated carbocycles. The van der Waals surface area contributed by atoms with Crippen molar-refractivity contribution in [3.8, 4) is 0 Å². The average Bonchev–Trinajstić information content (AvgIpc) is 3.20. The second-order valence-corrected chi connectivity index (χ2v) is 7.14. The van der Waals surface area contributed by atoms with Crippen molar-refractivity contribution in [3.63, 3.8) is 0 Å². The van der Waals surface area contributed by atoms with E-state index in [0.29, 0.717) is 17.8 Å². The molecule has 2 aromatic rings. The minimum Gasteiger partial charge on any atom is -0.459 e. The molecule has 2 N–H and O–H groups in total. The molecule has 28 heavy (non-hydrogen) atoms. The third-order valence-electron chi connectivity index (χ3n) is 4.58. The summed E-state index contributed by atoms with van der Waals surface area (Å²) in [7, 11) is 0. The van der Waals surface area contributed by atoms with Crippen LogP contribution in [0.4, 0.5) is 5.69 Å². The van der Waals surface area contributed by atoms with Gasteiger partial charge in [0.25, 0.3) is 11.8 Å². The van der Waals surface area contributed by atoms with Gasteiger partial charge in [-0.05, 0) is 56.7 Å². The number of rotatable bonds is 7. The summed E-state index contributed by atoms with van der Waals surface area (Å²) in [5.41, 5.74) is 1.16. The molecule has 1 aliphatic heterocycles. The Morgan fingerprint density at radius 1 is 1.07 bits per heavy atom. The number of ether oxygens (including phenoxy) is 1. The topological polar surface area (TPSA) is 83.8 Å². The molecule has 0 radical (unpaired) electrons. The predicted octanol–water partition coefficient (Wildman–Crippen LogP) is 2.76.